The molecule has 2 aliphatic rings. The van der Waals surface area contributed by atoms with E-state index in [9.17, 15) is 4.79 Å². The molecule has 0 unspecified atom stereocenters. The van der Waals surface area contributed by atoms with Gasteiger partial charge in [0.1, 0.15) is 5.82 Å². The molecule has 0 spiro atoms. The lowest BCUT2D eigenvalue weighted by Gasteiger charge is -2.27. The Morgan fingerprint density at radius 3 is 2.65 bits per heavy atom. The average Bonchev–Trinajstić information content (AvgIpc) is 3.01. The molecule has 0 aromatic carbocycles. The second-order valence-corrected chi connectivity index (χ2v) is 5.46. The summed E-state index contributed by atoms with van der Waals surface area (Å²) >= 11 is 0. The summed E-state index contributed by atoms with van der Waals surface area (Å²) in [6.45, 7) is 3.21. The first kappa shape index (κ1) is 13.4. The van der Waals surface area contributed by atoms with Crippen molar-refractivity contribution in [3.63, 3.8) is 0 Å². The zero-order chi connectivity index (χ0) is 13.8. The maximum Gasteiger partial charge on any atom is 0.253 e. The fourth-order valence-corrected chi connectivity index (χ4v) is 2.84. The molecule has 0 atom stereocenters. The minimum absolute atomic E-state index is 0.00192. The van der Waals surface area contributed by atoms with E-state index in [1.165, 1.54) is 12.8 Å². The molecule has 1 N–H and O–H groups in total. The minimum Gasteiger partial charge on any atom is -0.378 e. The number of rotatable bonds is 3. The van der Waals surface area contributed by atoms with Gasteiger partial charge in [0, 0.05) is 25.3 Å². The van der Waals surface area contributed by atoms with Crippen LogP contribution >= 0.6 is 0 Å². The number of morpholine rings is 1. The van der Waals surface area contributed by atoms with Crippen molar-refractivity contribution in [1.29, 1.82) is 0 Å². The number of hydrogen-bond acceptors (Lipinski definition) is 4. The molecule has 2 heterocycles. The number of ether oxygens (including phenoxy) is 1. The first-order valence-corrected chi connectivity index (χ1v) is 7.42. The molecule has 1 aliphatic carbocycles. The highest BCUT2D eigenvalue weighted by Crippen LogP contribution is 2.18. The fraction of sp³-hybridized carbons (Fsp3) is 0.600. The number of nitrogens with zero attached hydrogens (tertiary/aromatic N) is 2. The van der Waals surface area contributed by atoms with Crippen LogP contribution < -0.4 is 10.2 Å². The van der Waals surface area contributed by atoms with Gasteiger partial charge in [-0.3, -0.25) is 4.79 Å². The summed E-state index contributed by atoms with van der Waals surface area (Å²) in [5, 5.41) is 3.08. The van der Waals surface area contributed by atoms with Crippen molar-refractivity contribution in [3.05, 3.63) is 23.9 Å². The highest BCUT2D eigenvalue weighted by Gasteiger charge is 2.18. The van der Waals surface area contributed by atoms with E-state index in [-0.39, 0.29) is 5.91 Å². The van der Waals surface area contributed by atoms with Crippen molar-refractivity contribution in [1.82, 2.24) is 10.3 Å². The third kappa shape index (κ3) is 3.10. The molecule has 1 aromatic rings. The highest BCUT2D eigenvalue weighted by molar-refractivity contribution is 5.94. The Hall–Kier alpha value is -1.62. The van der Waals surface area contributed by atoms with Crippen LogP contribution in [-0.4, -0.2) is 43.2 Å². The summed E-state index contributed by atoms with van der Waals surface area (Å²) in [6, 6.07) is 4.14. The van der Waals surface area contributed by atoms with Crippen LogP contribution in [0.25, 0.3) is 0 Å². The molecule has 20 heavy (non-hydrogen) atoms. The first-order valence-electron chi connectivity index (χ1n) is 7.42. The van der Waals surface area contributed by atoms with Crippen molar-refractivity contribution in [3.8, 4) is 0 Å². The first-order chi connectivity index (χ1) is 9.83. The average molecular weight is 275 g/mol. The van der Waals surface area contributed by atoms with Crippen molar-refractivity contribution >= 4 is 11.7 Å². The molecule has 1 saturated carbocycles. The van der Waals surface area contributed by atoms with Gasteiger partial charge in [-0.2, -0.15) is 0 Å². The zero-order valence-electron chi connectivity index (χ0n) is 11.7. The van der Waals surface area contributed by atoms with Gasteiger partial charge in [-0.15, -0.1) is 0 Å². The molecular formula is C15H21N3O2. The monoisotopic (exact) mass is 275 g/mol. The van der Waals surface area contributed by atoms with Gasteiger partial charge >= 0.3 is 0 Å². The summed E-state index contributed by atoms with van der Waals surface area (Å²) in [4.78, 5) is 18.7. The van der Waals surface area contributed by atoms with E-state index in [0.717, 1.165) is 45.0 Å². The summed E-state index contributed by atoms with van der Waals surface area (Å²) in [6.07, 6.45) is 6.32. The van der Waals surface area contributed by atoms with Crippen LogP contribution in [0.2, 0.25) is 0 Å². The fourth-order valence-electron chi connectivity index (χ4n) is 2.84. The number of anilines is 1. The molecule has 1 amide bonds. The van der Waals surface area contributed by atoms with Crippen LogP contribution in [0.4, 0.5) is 5.82 Å². The molecule has 3 rings (SSSR count). The topological polar surface area (TPSA) is 54.5 Å². The Morgan fingerprint density at radius 2 is 2.00 bits per heavy atom. The van der Waals surface area contributed by atoms with E-state index in [0.29, 0.717) is 11.6 Å². The number of amides is 1. The molecular weight excluding hydrogens is 254 g/mol. The second-order valence-electron chi connectivity index (χ2n) is 5.46. The van der Waals surface area contributed by atoms with Gasteiger partial charge in [0.15, 0.2) is 0 Å². The van der Waals surface area contributed by atoms with E-state index in [1.807, 2.05) is 12.1 Å². The maximum atomic E-state index is 12.1. The van der Waals surface area contributed by atoms with E-state index in [2.05, 4.69) is 15.2 Å². The molecule has 1 saturated heterocycles. The van der Waals surface area contributed by atoms with Gasteiger partial charge < -0.3 is 15.0 Å². The van der Waals surface area contributed by atoms with Crippen molar-refractivity contribution in [2.75, 3.05) is 31.2 Å². The predicted octanol–water partition coefficient (Wildman–Crippen LogP) is 1.59. The Bertz CT molecular complexity index is 449. The summed E-state index contributed by atoms with van der Waals surface area (Å²) < 4.78 is 5.32. The number of nitrogens with one attached hydrogen (secondary N) is 1. The lowest BCUT2D eigenvalue weighted by atomic mass is 10.2. The number of hydrogen-bond donors (Lipinski definition) is 1. The van der Waals surface area contributed by atoms with Crippen molar-refractivity contribution < 1.29 is 9.53 Å². The maximum absolute atomic E-state index is 12.1. The van der Waals surface area contributed by atoms with Gasteiger partial charge in [0.05, 0.1) is 18.8 Å². The van der Waals surface area contributed by atoms with E-state index in [4.69, 9.17) is 4.74 Å². The number of pyridine rings is 1. The lowest BCUT2D eigenvalue weighted by molar-refractivity contribution is 0.0937. The molecule has 5 nitrogen and oxygen atoms in total. The summed E-state index contributed by atoms with van der Waals surface area (Å²) in [7, 11) is 0. The van der Waals surface area contributed by atoms with Crippen LogP contribution in [0.3, 0.4) is 0 Å². The van der Waals surface area contributed by atoms with Crippen LogP contribution in [0.1, 0.15) is 36.0 Å². The van der Waals surface area contributed by atoms with Gasteiger partial charge in [0.25, 0.3) is 5.91 Å². The third-order valence-electron chi connectivity index (χ3n) is 4.04. The van der Waals surface area contributed by atoms with Crippen molar-refractivity contribution in [2.24, 2.45) is 0 Å². The Balaban J connectivity index is 1.61. The molecule has 1 aliphatic heterocycles. The second kappa shape index (κ2) is 6.22. The molecule has 1 aromatic heterocycles. The standard InChI is InChI=1S/C15H21N3O2/c19-15(17-13-3-1-2-4-13)12-5-6-14(16-11-12)18-7-9-20-10-8-18/h5-6,11,13H,1-4,7-10H2,(H,17,19). The van der Waals surface area contributed by atoms with Gasteiger partial charge in [-0.05, 0) is 25.0 Å². The SMILES string of the molecule is O=C(NC1CCCC1)c1ccc(N2CCOCC2)nc1. The van der Waals surface area contributed by atoms with Crippen LogP contribution in [0.15, 0.2) is 18.3 Å². The third-order valence-corrected chi connectivity index (χ3v) is 4.04. The Labute approximate surface area is 119 Å². The van der Waals surface area contributed by atoms with E-state index < -0.39 is 0 Å². The van der Waals surface area contributed by atoms with Gasteiger partial charge in [-0.1, -0.05) is 12.8 Å². The van der Waals surface area contributed by atoms with Gasteiger partial charge in [-0.25, -0.2) is 4.98 Å². The largest absolute Gasteiger partial charge is 0.378 e. The number of carbonyl (C=O) groups excluding carboxylic acids is 1. The zero-order valence-corrected chi connectivity index (χ0v) is 11.7. The molecule has 2 fully saturated rings. The normalized spacial score (nSPS) is 20.1. The van der Waals surface area contributed by atoms with E-state index in [1.54, 1.807) is 6.20 Å². The Kier molecular flexibility index (Phi) is 4.16. The number of aromatic nitrogens is 1. The highest BCUT2D eigenvalue weighted by atomic mass is 16.5. The Morgan fingerprint density at radius 1 is 1.25 bits per heavy atom. The van der Waals surface area contributed by atoms with Crippen LogP contribution in [-0.2, 0) is 4.74 Å². The van der Waals surface area contributed by atoms with E-state index >= 15 is 0 Å². The molecule has 0 radical (unpaired) electrons. The molecule has 0 bridgehead atoms. The summed E-state index contributed by atoms with van der Waals surface area (Å²) in [5.41, 5.74) is 0.647. The molecule has 108 valence electrons. The molecule has 5 heteroatoms. The minimum atomic E-state index is -0.00192. The lowest BCUT2D eigenvalue weighted by Crippen LogP contribution is -2.37. The van der Waals surface area contributed by atoms with Crippen LogP contribution in [0, 0.1) is 0 Å². The van der Waals surface area contributed by atoms with Crippen molar-refractivity contribution in [2.45, 2.75) is 31.7 Å². The predicted molar refractivity (Wildman–Crippen MR) is 77.0 cm³/mol. The van der Waals surface area contributed by atoms with Gasteiger partial charge in [0.2, 0.25) is 0 Å². The number of carbonyl (C=O) groups is 1. The summed E-state index contributed by atoms with van der Waals surface area (Å²) in [5.74, 6) is 0.920. The quantitative estimate of drug-likeness (QED) is 0.910. The van der Waals surface area contributed by atoms with Crippen LogP contribution in [0.5, 0.6) is 0 Å². The smallest absolute Gasteiger partial charge is 0.253 e.